The van der Waals surface area contributed by atoms with Crippen molar-refractivity contribution >= 4 is 22.2 Å². The number of carbonyl (C=O) groups excluding carboxylic acids is 1. The number of halogens is 2. The molecule has 3 nitrogen and oxygen atoms in total. The van der Waals surface area contributed by atoms with Gasteiger partial charge in [0.15, 0.2) is 6.29 Å². The van der Waals surface area contributed by atoms with Crippen molar-refractivity contribution in [3.05, 3.63) is 40.2 Å². The first-order valence-electron chi connectivity index (χ1n) is 6.49. The molecule has 20 heavy (non-hydrogen) atoms. The third-order valence-corrected chi connectivity index (χ3v) is 3.53. The molecule has 0 amide bonds. The Morgan fingerprint density at radius 3 is 2.85 bits per heavy atom. The Hall–Kier alpha value is -1.49. The highest BCUT2D eigenvalue weighted by atomic mass is 79.9. The molecule has 106 valence electrons. The lowest BCUT2D eigenvalue weighted by atomic mass is 10.1. The Bertz CT molecular complexity index is 622. The van der Waals surface area contributed by atoms with Gasteiger partial charge in [-0.15, -0.1) is 0 Å². The molecule has 0 aliphatic carbocycles. The molecule has 5 heteroatoms. The third-order valence-electron chi connectivity index (χ3n) is 3.04. The number of aromatic nitrogens is 2. The van der Waals surface area contributed by atoms with Gasteiger partial charge in [0.1, 0.15) is 11.5 Å². The summed E-state index contributed by atoms with van der Waals surface area (Å²) >= 11 is 3.31. The summed E-state index contributed by atoms with van der Waals surface area (Å²) in [7, 11) is 0. The van der Waals surface area contributed by atoms with Crippen LogP contribution in [0.4, 0.5) is 4.39 Å². The standard InChI is InChI=1S/C15H16BrFN2O/c1-10(2)5-6-19-8-11(9-20)15(18-19)13-7-12(16)3-4-14(13)17/h3-4,7-10H,5-6H2,1-2H3. The van der Waals surface area contributed by atoms with Crippen molar-refractivity contribution in [1.82, 2.24) is 9.78 Å². The summed E-state index contributed by atoms with van der Waals surface area (Å²) in [6.45, 7) is 4.96. The Morgan fingerprint density at radius 1 is 1.45 bits per heavy atom. The van der Waals surface area contributed by atoms with Crippen molar-refractivity contribution < 1.29 is 9.18 Å². The Kier molecular flexibility index (Phi) is 4.70. The van der Waals surface area contributed by atoms with Gasteiger partial charge in [-0.1, -0.05) is 29.8 Å². The van der Waals surface area contributed by atoms with Crippen LogP contribution in [0.15, 0.2) is 28.9 Å². The molecule has 0 aliphatic heterocycles. The smallest absolute Gasteiger partial charge is 0.153 e. The first-order valence-corrected chi connectivity index (χ1v) is 7.28. The molecular formula is C15H16BrFN2O. The number of carbonyl (C=O) groups is 1. The third kappa shape index (κ3) is 3.33. The van der Waals surface area contributed by atoms with Crippen molar-refractivity contribution in [2.75, 3.05) is 0 Å². The van der Waals surface area contributed by atoms with Gasteiger partial charge in [-0.05, 0) is 30.5 Å². The van der Waals surface area contributed by atoms with Gasteiger partial charge in [0.2, 0.25) is 0 Å². The van der Waals surface area contributed by atoms with Crippen LogP contribution in [0, 0.1) is 11.7 Å². The number of hydrogen-bond donors (Lipinski definition) is 0. The fraction of sp³-hybridized carbons (Fsp3) is 0.333. The second-order valence-corrected chi connectivity index (χ2v) is 6.04. The van der Waals surface area contributed by atoms with Gasteiger partial charge in [0, 0.05) is 22.8 Å². The number of nitrogens with zero attached hydrogens (tertiary/aromatic N) is 2. The van der Waals surface area contributed by atoms with E-state index in [0.29, 0.717) is 35.6 Å². The second kappa shape index (κ2) is 6.31. The second-order valence-electron chi connectivity index (χ2n) is 5.12. The molecule has 2 aromatic rings. The fourth-order valence-electron chi connectivity index (χ4n) is 1.92. The van der Waals surface area contributed by atoms with E-state index in [9.17, 15) is 9.18 Å². The summed E-state index contributed by atoms with van der Waals surface area (Å²) < 4.78 is 16.4. The fourth-order valence-corrected chi connectivity index (χ4v) is 2.28. The lowest BCUT2D eigenvalue weighted by molar-refractivity contribution is 0.112. The van der Waals surface area contributed by atoms with Crippen LogP contribution in [0.5, 0.6) is 0 Å². The number of aldehydes is 1. The van der Waals surface area contributed by atoms with Gasteiger partial charge in [0.25, 0.3) is 0 Å². The number of benzene rings is 1. The minimum atomic E-state index is -0.384. The summed E-state index contributed by atoms with van der Waals surface area (Å²) in [5.41, 5.74) is 1.14. The molecule has 0 saturated carbocycles. The average molecular weight is 339 g/mol. The Balaban J connectivity index is 2.40. The van der Waals surface area contributed by atoms with E-state index in [2.05, 4.69) is 34.9 Å². The zero-order chi connectivity index (χ0) is 14.7. The maximum atomic E-state index is 13.9. The zero-order valence-corrected chi connectivity index (χ0v) is 13.0. The van der Waals surface area contributed by atoms with Gasteiger partial charge < -0.3 is 0 Å². The van der Waals surface area contributed by atoms with Gasteiger partial charge in [-0.25, -0.2) is 4.39 Å². The molecule has 1 aromatic heterocycles. The molecule has 0 radical (unpaired) electrons. The lowest BCUT2D eigenvalue weighted by Crippen LogP contribution is -2.02. The highest BCUT2D eigenvalue weighted by Crippen LogP contribution is 2.27. The highest BCUT2D eigenvalue weighted by Gasteiger charge is 2.15. The minimum Gasteiger partial charge on any atom is -0.298 e. The highest BCUT2D eigenvalue weighted by molar-refractivity contribution is 9.10. The average Bonchev–Trinajstić information content (AvgIpc) is 2.82. The van der Waals surface area contributed by atoms with Crippen LogP contribution in [0.1, 0.15) is 30.6 Å². The summed E-state index contributed by atoms with van der Waals surface area (Å²) in [6.07, 6.45) is 3.35. The lowest BCUT2D eigenvalue weighted by Gasteiger charge is -2.04. The normalized spacial score (nSPS) is 11.1. The van der Waals surface area contributed by atoms with Crippen molar-refractivity contribution in [1.29, 1.82) is 0 Å². The molecule has 1 heterocycles. The topological polar surface area (TPSA) is 34.9 Å². The van der Waals surface area contributed by atoms with Crippen molar-refractivity contribution in [3.63, 3.8) is 0 Å². The van der Waals surface area contributed by atoms with Crippen molar-refractivity contribution in [2.45, 2.75) is 26.8 Å². The van der Waals surface area contributed by atoms with E-state index in [0.717, 1.165) is 10.9 Å². The van der Waals surface area contributed by atoms with E-state index >= 15 is 0 Å². The molecular weight excluding hydrogens is 323 g/mol. The first kappa shape index (κ1) is 14.9. The molecule has 2 rings (SSSR count). The Labute approximate surface area is 125 Å². The van der Waals surface area contributed by atoms with E-state index in [1.165, 1.54) is 6.07 Å². The largest absolute Gasteiger partial charge is 0.298 e. The molecule has 0 atom stereocenters. The molecule has 0 aliphatic rings. The van der Waals surface area contributed by atoms with Crippen LogP contribution in [0.3, 0.4) is 0 Å². The summed E-state index contributed by atoms with van der Waals surface area (Å²) in [5, 5.41) is 4.35. The quantitative estimate of drug-likeness (QED) is 0.761. The van der Waals surface area contributed by atoms with E-state index in [1.54, 1.807) is 23.0 Å². The van der Waals surface area contributed by atoms with Crippen molar-refractivity contribution in [2.24, 2.45) is 5.92 Å². The van der Waals surface area contributed by atoms with Crippen LogP contribution in [-0.4, -0.2) is 16.1 Å². The number of hydrogen-bond acceptors (Lipinski definition) is 2. The molecule has 0 bridgehead atoms. The van der Waals surface area contributed by atoms with Crippen molar-refractivity contribution in [3.8, 4) is 11.3 Å². The van der Waals surface area contributed by atoms with Gasteiger partial charge in [-0.2, -0.15) is 5.10 Å². The van der Waals surface area contributed by atoms with Crippen LogP contribution < -0.4 is 0 Å². The molecule has 0 spiro atoms. The molecule has 0 fully saturated rings. The number of rotatable bonds is 5. The van der Waals surface area contributed by atoms with Crippen LogP contribution in [0.2, 0.25) is 0 Å². The van der Waals surface area contributed by atoms with Gasteiger partial charge in [-0.3, -0.25) is 9.48 Å². The molecule has 0 unspecified atom stereocenters. The molecule has 0 N–H and O–H groups in total. The Morgan fingerprint density at radius 2 is 2.20 bits per heavy atom. The van der Waals surface area contributed by atoms with Gasteiger partial charge >= 0.3 is 0 Å². The van der Waals surface area contributed by atoms with Crippen LogP contribution >= 0.6 is 15.9 Å². The SMILES string of the molecule is CC(C)CCn1cc(C=O)c(-c2cc(Br)ccc2F)n1. The first-order chi connectivity index (χ1) is 9.51. The van der Waals surface area contributed by atoms with E-state index < -0.39 is 0 Å². The van der Waals surface area contributed by atoms with E-state index in [1.807, 2.05) is 0 Å². The van der Waals surface area contributed by atoms with Gasteiger partial charge in [0.05, 0.1) is 5.56 Å². The summed E-state index contributed by atoms with van der Waals surface area (Å²) in [4.78, 5) is 11.2. The minimum absolute atomic E-state index is 0.338. The number of aryl methyl sites for hydroxylation is 1. The zero-order valence-electron chi connectivity index (χ0n) is 11.4. The monoisotopic (exact) mass is 338 g/mol. The van der Waals surface area contributed by atoms with E-state index in [4.69, 9.17) is 0 Å². The predicted molar refractivity (Wildman–Crippen MR) is 80.2 cm³/mol. The van der Waals surface area contributed by atoms with Crippen LogP contribution in [-0.2, 0) is 6.54 Å². The summed E-state index contributed by atoms with van der Waals surface area (Å²) in [6, 6.07) is 4.62. The molecule has 0 saturated heterocycles. The van der Waals surface area contributed by atoms with Crippen LogP contribution in [0.25, 0.3) is 11.3 Å². The maximum absolute atomic E-state index is 13.9. The maximum Gasteiger partial charge on any atom is 0.153 e. The predicted octanol–water partition coefficient (Wildman–Crippen LogP) is 4.31. The summed E-state index contributed by atoms with van der Waals surface area (Å²) in [5.74, 6) is 0.162. The molecule has 1 aromatic carbocycles. The van der Waals surface area contributed by atoms with E-state index in [-0.39, 0.29) is 5.82 Å².